The van der Waals surface area contributed by atoms with Crippen LogP contribution in [0, 0.1) is 6.92 Å². The number of aromatic nitrogens is 4. The Morgan fingerprint density at radius 3 is 2.55 bits per heavy atom. The molecule has 4 rings (SSSR count). The van der Waals surface area contributed by atoms with Gasteiger partial charge in [0.25, 0.3) is 0 Å². The quantitative estimate of drug-likeness (QED) is 0.284. The van der Waals surface area contributed by atoms with Crippen molar-refractivity contribution in [3.8, 4) is 22.8 Å². The first-order valence-corrected chi connectivity index (χ1v) is 12.4. The summed E-state index contributed by atoms with van der Waals surface area (Å²) in [7, 11) is 0. The summed E-state index contributed by atoms with van der Waals surface area (Å²) in [6.07, 6.45) is 1.10. The first kappa shape index (κ1) is 27.0. The van der Waals surface area contributed by atoms with Crippen molar-refractivity contribution < 1.29 is 18.7 Å². The molecule has 2 aromatic heterocycles. The van der Waals surface area contributed by atoms with Crippen molar-refractivity contribution in [3.05, 3.63) is 82.6 Å². The molecule has 4 N–H and O–H groups in total. The van der Waals surface area contributed by atoms with E-state index in [1.807, 2.05) is 37.3 Å². The maximum absolute atomic E-state index is 14.3. The van der Waals surface area contributed by atoms with Crippen LogP contribution in [0.4, 0.5) is 10.3 Å². The van der Waals surface area contributed by atoms with E-state index < -0.39 is 24.8 Å². The Kier molecular flexibility index (Phi) is 8.55. The molecule has 2 atom stereocenters. The van der Waals surface area contributed by atoms with Crippen LogP contribution in [-0.2, 0) is 16.0 Å². The molecule has 9 nitrogen and oxygen atoms in total. The fraction of sp³-hybridized carbons (Fsp3) is 0.259. The maximum Gasteiger partial charge on any atom is 0.323 e. The van der Waals surface area contributed by atoms with E-state index in [-0.39, 0.29) is 18.4 Å². The summed E-state index contributed by atoms with van der Waals surface area (Å²) < 4.78 is 26.9. The molecule has 0 aliphatic heterocycles. The zero-order valence-electron chi connectivity index (χ0n) is 21.0. The summed E-state index contributed by atoms with van der Waals surface area (Å²) >= 11 is 6.22. The van der Waals surface area contributed by atoms with Crippen LogP contribution in [0.5, 0.6) is 5.88 Å². The fourth-order valence-corrected chi connectivity index (χ4v) is 4.08. The smallest absolute Gasteiger partial charge is 0.323 e. The van der Waals surface area contributed by atoms with Crippen molar-refractivity contribution in [1.29, 1.82) is 0 Å². The molecule has 0 saturated heterocycles. The Morgan fingerprint density at radius 1 is 1.13 bits per heavy atom. The maximum atomic E-state index is 14.3. The van der Waals surface area contributed by atoms with Crippen molar-refractivity contribution >= 4 is 23.5 Å². The Balaban J connectivity index is 1.57. The predicted molar refractivity (Wildman–Crippen MR) is 143 cm³/mol. The van der Waals surface area contributed by atoms with E-state index in [4.69, 9.17) is 32.5 Å². The standard InChI is InChI=1S/C27H28ClFN6O3/c1-3-37-26(36)21(30)12-17-4-6-18(7-5-17)22-14-25(33-27(31)32-22)38-24(15-29)20-9-8-19(28)13-23(20)35-11-10-16(2)34-35/h4-11,13-14,21,24H,3,12,15,30H2,1-2H3,(H2,31,32,33)/t21-,24-/m0/s1. The van der Waals surface area contributed by atoms with Crippen LogP contribution in [0.3, 0.4) is 0 Å². The molecular formula is C27H28ClFN6O3. The van der Waals surface area contributed by atoms with Crippen LogP contribution < -0.4 is 16.2 Å². The second-order valence-electron chi connectivity index (χ2n) is 8.57. The topological polar surface area (TPSA) is 131 Å². The van der Waals surface area contributed by atoms with Gasteiger partial charge in [-0.3, -0.25) is 4.79 Å². The van der Waals surface area contributed by atoms with Crippen LogP contribution in [-0.4, -0.2) is 45.0 Å². The number of hydrogen-bond acceptors (Lipinski definition) is 8. The number of ether oxygens (including phenoxy) is 2. The number of anilines is 1. The Labute approximate surface area is 224 Å². The number of nitrogens with zero attached hydrogens (tertiary/aromatic N) is 4. The van der Waals surface area contributed by atoms with Gasteiger partial charge in [-0.1, -0.05) is 41.9 Å². The van der Waals surface area contributed by atoms with E-state index in [0.717, 1.165) is 16.8 Å². The molecule has 38 heavy (non-hydrogen) atoms. The molecule has 0 fully saturated rings. The molecule has 0 unspecified atom stereocenters. The normalized spacial score (nSPS) is 12.7. The minimum atomic E-state index is -0.999. The lowest BCUT2D eigenvalue weighted by Crippen LogP contribution is -2.34. The van der Waals surface area contributed by atoms with Gasteiger partial charge in [0.2, 0.25) is 11.8 Å². The number of halogens is 2. The van der Waals surface area contributed by atoms with Crippen molar-refractivity contribution in [2.75, 3.05) is 19.0 Å². The number of nitrogens with two attached hydrogens (primary N) is 2. The van der Waals surface area contributed by atoms with Gasteiger partial charge in [-0.25, -0.2) is 14.1 Å². The summed E-state index contributed by atoms with van der Waals surface area (Å²) in [5.74, 6) is -0.362. The van der Waals surface area contributed by atoms with Crippen LogP contribution in [0.2, 0.25) is 5.02 Å². The second-order valence-corrected chi connectivity index (χ2v) is 9.01. The average molecular weight is 539 g/mol. The van der Waals surface area contributed by atoms with E-state index in [1.165, 1.54) is 0 Å². The number of rotatable bonds is 10. The molecule has 0 aliphatic carbocycles. The van der Waals surface area contributed by atoms with Gasteiger partial charge in [0, 0.05) is 28.4 Å². The number of nitrogen functional groups attached to an aromatic ring is 1. The molecule has 0 aliphatic rings. The van der Waals surface area contributed by atoms with Crippen LogP contribution >= 0.6 is 11.6 Å². The molecular weight excluding hydrogens is 511 g/mol. The number of aryl methyl sites for hydroxylation is 1. The molecule has 11 heteroatoms. The highest BCUT2D eigenvalue weighted by molar-refractivity contribution is 6.30. The minimum absolute atomic E-state index is 0.0254. The van der Waals surface area contributed by atoms with Crippen LogP contribution in [0.15, 0.2) is 60.8 Å². The number of esters is 1. The highest BCUT2D eigenvalue weighted by Crippen LogP contribution is 2.31. The van der Waals surface area contributed by atoms with Gasteiger partial charge in [-0.05, 0) is 44.0 Å². The molecule has 198 valence electrons. The van der Waals surface area contributed by atoms with Crippen LogP contribution in [0.25, 0.3) is 16.9 Å². The second kappa shape index (κ2) is 12.0. The number of benzene rings is 2. The summed E-state index contributed by atoms with van der Waals surface area (Å²) in [5, 5.41) is 4.90. The van der Waals surface area contributed by atoms with E-state index in [1.54, 1.807) is 42.1 Å². The van der Waals surface area contributed by atoms with Crippen molar-refractivity contribution in [2.45, 2.75) is 32.4 Å². The van der Waals surface area contributed by atoms with E-state index in [2.05, 4.69) is 15.1 Å². The summed E-state index contributed by atoms with van der Waals surface area (Å²) in [6, 6.07) is 15.1. The van der Waals surface area contributed by atoms with Gasteiger partial charge in [-0.15, -0.1) is 0 Å². The SMILES string of the molecule is CCOC(=O)[C@@H](N)Cc1ccc(-c2cc(O[C@@H](CF)c3ccc(Cl)cc3-n3ccc(C)n3)nc(N)n2)cc1. The van der Waals surface area contributed by atoms with Gasteiger partial charge in [-0.2, -0.15) is 10.1 Å². The molecule has 2 heterocycles. The van der Waals surface area contributed by atoms with E-state index >= 15 is 0 Å². The van der Waals surface area contributed by atoms with Gasteiger partial charge in [0.15, 0.2) is 6.10 Å². The molecule has 2 aromatic carbocycles. The van der Waals surface area contributed by atoms with E-state index in [9.17, 15) is 9.18 Å². The fourth-order valence-electron chi connectivity index (χ4n) is 3.91. The third-order valence-corrected chi connectivity index (χ3v) is 5.96. The lowest BCUT2D eigenvalue weighted by molar-refractivity contribution is -0.144. The summed E-state index contributed by atoms with van der Waals surface area (Å²) in [4.78, 5) is 20.3. The number of carbonyl (C=O) groups excluding carboxylic acids is 1. The lowest BCUT2D eigenvalue weighted by atomic mass is 10.0. The Bertz CT molecular complexity index is 1410. The summed E-state index contributed by atoms with van der Waals surface area (Å²) in [6.45, 7) is 3.03. The Morgan fingerprint density at radius 2 is 1.89 bits per heavy atom. The first-order valence-electron chi connectivity index (χ1n) is 12.0. The largest absolute Gasteiger partial charge is 0.466 e. The molecule has 0 bridgehead atoms. The third-order valence-electron chi connectivity index (χ3n) is 5.73. The van der Waals surface area contributed by atoms with Crippen molar-refractivity contribution in [3.63, 3.8) is 0 Å². The number of carbonyl (C=O) groups is 1. The van der Waals surface area contributed by atoms with E-state index in [0.29, 0.717) is 28.4 Å². The van der Waals surface area contributed by atoms with Gasteiger partial charge < -0.3 is 20.9 Å². The molecule has 0 saturated carbocycles. The highest BCUT2D eigenvalue weighted by Gasteiger charge is 2.21. The highest BCUT2D eigenvalue weighted by atomic mass is 35.5. The molecule has 0 radical (unpaired) electrons. The van der Waals surface area contributed by atoms with Gasteiger partial charge in [0.1, 0.15) is 12.7 Å². The monoisotopic (exact) mass is 538 g/mol. The zero-order valence-corrected chi connectivity index (χ0v) is 21.7. The molecule has 4 aromatic rings. The first-order chi connectivity index (χ1) is 18.3. The van der Waals surface area contributed by atoms with Crippen molar-refractivity contribution in [1.82, 2.24) is 19.7 Å². The van der Waals surface area contributed by atoms with Crippen molar-refractivity contribution in [2.24, 2.45) is 5.73 Å². The summed E-state index contributed by atoms with van der Waals surface area (Å²) in [5.41, 5.74) is 15.9. The third kappa shape index (κ3) is 6.45. The number of alkyl halides is 1. The minimum Gasteiger partial charge on any atom is -0.466 e. The zero-order chi connectivity index (χ0) is 27.2. The molecule has 0 spiro atoms. The van der Waals surface area contributed by atoms with Crippen LogP contribution in [0.1, 0.15) is 29.8 Å². The number of hydrogen-bond donors (Lipinski definition) is 2. The molecule has 0 amide bonds. The van der Waals surface area contributed by atoms with Gasteiger partial charge >= 0.3 is 5.97 Å². The average Bonchev–Trinajstić information content (AvgIpc) is 3.33. The predicted octanol–water partition coefficient (Wildman–Crippen LogP) is 4.40. The Hall–Kier alpha value is -4.02. The lowest BCUT2D eigenvalue weighted by Gasteiger charge is -2.20. The van der Waals surface area contributed by atoms with Gasteiger partial charge in [0.05, 0.1) is 23.7 Å².